The van der Waals surface area contributed by atoms with Crippen LogP contribution in [0.5, 0.6) is 5.75 Å². The van der Waals surface area contributed by atoms with Crippen LogP contribution in [0.2, 0.25) is 0 Å². The standard InChI is InChI=1S/C12H9F3N2O3/c1-17-10(8(5-16-17)11(18)19)7-3-2-6(4-9(7)13)20-12(14)15/h2-5,12H,1H3,(H,18,19). The number of halogens is 3. The summed E-state index contributed by atoms with van der Waals surface area (Å²) < 4.78 is 43.2. The van der Waals surface area contributed by atoms with Crippen LogP contribution in [-0.2, 0) is 7.05 Å². The smallest absolute Gasteiger partial charge is 0.387 e. The predicted molar refractivity (Wildman–Crippen MR) is 62.2 cm³/mol. The molecule has 0 aliphatic heterocycles. The summed E-state index contributed by atoms with van der Waals surface area (Å²) in [7, 11) is 1.45. The molecule has 0 fully saturated rings. The number of hydrogen-bond acceptors (Lipinski definition) is 3. The number of carbonyl (C=O) groups is 1. The maximum absolute atomic E-state index is 13.9. The lowest BCUT2D eigenvalue weighted by atomic mass is 10.1. The van der Waals surface area contributed by atoms with Crippen LogP contribution in [0.3, 0.4) is 0 Å². The van der Waals surface area contributed by atoms with E-state index in [0.717, 1.165) is 24.4 Å². The monoisotopic (exact) mass is 286 g/mol. The summed E-state index contributed by atoms with van der Waals surface area (Å²) >= 11 is 0. The summed E-state index contributed by atoms with van der Waals surface area (Å²) in [5.41, 5.74) is -0.212. The number of aromatic nitrogens is 2. The number of ether oxygens (including phenoxy) is 1. The van der Waals surface area contributed by atoms with Crippen LogP contribution < -0.4 is 4.74 Å². The minimum atomic E-state index is -3.06. The third-order valence-corrected chi connectivity index (χ3v) is 2.59. The van der Waals surface area contributed by atoms with E-state index < -0.39 is 18.4 Å². The van der Waals surface area contributed by atoms with E-state index >= 15 is 0 Å². The van der Waals surface area contributed by atoms with Crippen molar-refractivity contribution in [2.45, 2.75) is 6.61 Å². The third kappa shape index (κ3) is 2.58. The number of carboxylic acid groups (broad SMARTS) is 1. The summed E-state index contributed by atoms with van der Waals surface area (Å²) in [5.74, 6) is -2.49. The normalized spacial score (nSPS) is 10.8. The highest BCUT2D eigenvalue weighted by Crippen LogP contribution is 2.29. The molecule has 0 bridgehead atoms. The Kier molecular flexibility index (Phi) is 3.64. The van der Waals surface area contributed by atoms with Gasteiger partial charge in [-0.2, -0.15) is 13.9 Å². The average molecular weight is 286 g/mol. The summed E-state index contributed by atoms with van der Waals surface area (Å²) in [6, 6.07) is 3.06. The topological polar surface area (TPSA) is 64.4 Å². The van der Waals surface area contributed by atoms with Crippen molar-refractivity contribution in [1.29, 1.82) is 0 Å². The first-order valence-corrected chi connectivity index (χ1v) is 5.40. The lowest BCUT2D eigenvalue weighted by Gasteiger charge is -2.08. The van der Waals surface area contributed by atoms with Gasteiger partial charge in [0.1, 0.15) is 17.1 Å². The van der Waals surface area contributed by atoms with Gasteiger partial charge >= 0.3 is 12.6 Å². The Balaban J connectivity index is 2.49. The van der Waals surface area contributed by atoms with Gasteiger partial charge in [-0.1, -0.05) is 0 Å². The molecular weight excluding hydrogens is 277 g/mol. The first-order chi connectivity index (χ1) is 9.40. The second kappa shape index (κ2) is 5.24. The predicted octanol–water partition coefficient (Wildman–Crippen LogP) is 2.53. The Labute approximate surface area is 111 Å². The van der Waals surface area contributed by atoms with Crippen LogP contribution in [-0.4, -0.2) is 27.5 Å². The Bertz CT molecular complexity index is 655. The molecule has 0 amide bonds. The summed E-state index contributed by atoms with van der Waals surface area (Å²) in [4.78, 5) is 11.0. The van der Waals surface area contributed by atoms with Gasteiger partial charge in [0.15, 0.2) is 0 Å². The van der Waals surface area contributed by atoms with E-state index in [1.54, 1.807) is 0 Å². The summed E-state index contributed by atoms with van der Waals surface area (Å²) in [5, 5.41) is 12.7. The van der Waals surface area contributed by atoms with Crippen molar-refractivity contribution < 1.29 is 27.8 Å². The fourth-order valence-electron chi connectivity index (χ4n) is 1.78. The molecule has 0 saturated heterocycles. The molecule has 106 valence electrons. The maximum Gasteiger partial charge on any atom is 0.387 e. The number of rotatable bonds is 4. The number of carboxylic acids is 1. The molecule has 0 radical (unpaired) electrons. The fourth-order valence-corrected chi connectivity index (χ4v) is 1.78. The average Bonchev–Trinajstić information content (AvgIpc) is 2.71. The Morgan fingerprint density at radius 3 is 2.70 bits per heavy atom. The zero-order chi connectivity index (χ0) is 14.9. The molecule has 1 N–H and O–H groups in total. The molecular formula is C12H9F3N2O3. The summed E-state index contributed by atoms with van der Waals surface area (Å²) in [6.45, 7) is -3.06. The van der Waals surface area contributed by atoms with Gasteiger partial charge in [0.05, 0.1) is 11.9 Å². The van der Waals surface area contributed by atoms with Gasteiger partial charge in [0.25, 0.3) is 0 Å². The highest BCUT2D eigenvalue weighted by Gasteiger charge is 2.20. The zero-order valence-corrected chi connectivity index (χ0v) is 10.2. The molecule has 1 aromatic heterocycles. The Morgan fingerprint density at radius 1 is 1.45 bits per heavy atom. The van der Waals surface area contributed by atoms with Crippen LogP contribution in [0, 0.1) is 5.82 Å². The minimum Gasteiger partial charge on any atom is -0.478 e. The van der Waals surface area contributed by atoms with Crippen molar-refractivity contribution in [3.8, 4) is 17.0 Å². The van der Waals surface area contributed by atoms with Gasteiger partial charge in [-0.15, -0.1) is 0 Å². The molecule has 0 unspecified atom stereocenters. The molecule has 8 heteroatoms. The quantitative estimate of drug-likeness (QED) is 0.938. The van der Waals surface area contributed by atoms with E-state index in [9.17, 15) is 18.0 Å². The molecule has 0 aliphatic rings. The van der Waals surface area contributed by atoms with Gasteiger partial charge < -0.3 is 9.84 Å². The van der Waals surface area contributed by atoms with E-state index in [-0.39, 0.29) is 22.6 Å². The second-order valence-corrected chi connectivity index (χ2v) is 3.86. The number of aromatic carboxylic acids is 1. The van der Waals surface area contributed by atoms with Gasteiger partial charge in [0.2, 0.25) is 0 Å². The van der Waals surface area contributed by atoms with Gasteiger partial charge in [-0.25, -0.2) is 9.18 Å². The minimum absolute atomic E-state index is 0.0404. The summed E-state index contributed by atoms with van der Waals surface area (Å²) in [6.07, 6.45) is 1.08. The second-order valence-electron chi connectivity index (χ2n) is 3.86. The third-order valence-electron chi connectivity index (χ3n) is 2.59. The van der Waals surface area contributed by atoms with Crippen LogP contribution in [0.25, 0.3) is 11.3 Å². The van der Waals surface area contributed by atoms with Crippen LogP contribution in [0.1, 0.15) is 10.4 Å². The molecule has 2 rings (SSSR count). The highest BCUT2D eigenvalue weighted by atomic mass is 19.3. The molecule has 0 spiro atoms. The number of nitrogens with zero attached hydrogens (tertiary/aromatic N) is 2. The number of benzene rings is 1. The highest BCUT2D eigenvalue weighted by molar-refractivity contribution is 5.94. The molecule has 1 aromatic carbocycles. The van der Waals surface area contributed by atoms with E-state index in [0.29, 0.717) is 0 Å². The Morgan fingerprint density at radius 2 is 2.15 bits per heavy atom. The van der Waals surface area contributed by atoms with E-state index in [4.69, 9.17) is 5.11 Å². The first-order valence-electron chi connectivity index (χ1n) is 5.40. The molecule has 20 heavy (non-hydrogen) atoms. The van der Waals surface area contributed by atoms with Crippen molar-refractivity contribution >= 4 is 5.97 Å². The van der Waals surface area contributed by atoms with Crippen molar-refractivity contribution in [3.63, 3.8) is 0 Å². The largest absolute Gasteiger partial charge is 0.478 e. The van der Waals surface area contributed by atoms with Gasteiger partial charge in [0, 0.05) is 18.7 Å². The van der Waals surface area contributed by atoms with E-state index in [1.165, 1.54) is 11.7 Å². The van der Waals surface area contributed by atoms with Crippen molar-refractivity contribution in [1.82, 2.24) is 9.78 Å². The van der Waals surface area contributed by atoms with E-state index in [1.807, 2.05) is 0 Å². The lowest BCUT2D eigenvalue weighted by molar-refractivity contribution is -0.0499. The number of alkyl halides is 2. The number of hydrogen-bond donors (Lipinski definition) is 1. The van der Waals surface area contributed by atoms with Crippen molar-refractivity contribution in [3.05, 3.63) is 35.8 Å². The van der Waals surface area contributed by atoms with Crippen molar-refractivity contribution in [2.24, 2.45) is 7.05 Å². The maximum atomic E-state index is 13.9. The van der Waals surface area contributed by atoms with Gasteiger partial charge in [-0.3, -0.25) is 4.68 Å². The van der Waals surface area contributed by atoms with Gasteiger partial charge in [-0.05, 0) is 12.1 Å². The lowest BCUT2D eigenvalue weighted by Crippen LogP contribution is -2.04. The van der Waals surface area contributed by atoms with E-state index in [2.05, 4.69) is 9.84 Å². The first kappa shape index (κ1) is 13.9. The molecule has 0 atom stereocenters. The zero-order valence-electron chi connectivity index (χ0n) is 10.2. The molecule has 2 aromatic rings. The molecule has 5 nitrogen and oxygen atoms in total. The molecule has 0 saturated carbocycles. The fraction of sp³-hybridized carbons (Fsp3) is 0.167. The number of aryl methyl sites for hydroxylation is 1. The SMILES string of the molecule is Cn1ncc(C(=O)O)c1-c1ccc(OC(F)F)cc1F. The van der Waals surface area contributed by atoms with Crippen LogP contribution in [0.4, 0.5) is 13.2 Å². The van der Waals surface area contributed by atoms with Crippen molar-refractivity contribution in [2.75, 3.05) is 0 Å². The van der Waals surface area contributed by atoms with Crippen LogP contribution in [0.15, 0.2) is 24.4 Å². The molecule has 1 heterocycles. The molecule has 0 aliphatic carbocycles. The Hall–Kier alpha value is -2.51. The van der Waals surface area contributed by atoms with Crippen LogP contribution >= 0.6 is 0 Å².